The first-order valence-electron chi connectivity index (χ1n) is 7.62. The molecule has 1 saturated carbocycles. The van der Waals surface area contributed by atoms with Crippen molar-refractivity contribution in [2.75, 3.05) is 18.4 Å². The molecule has 0 unspecified atom stereocenters. The Bertz CT molecular complexity index is 455. The molecule has 0 aliphatic heterocycles. The van der Waals surface area contributed by atoms with Crippen molar-refractivity contribution < 1.29 is 4.79 Å². The minimum Gasteiger partial charge on any atom is -0.385 e. The van der Waals surface area contributed by atoms with E-state index in [0.29, 0.717) is 17.7 Å². The second kappa shape index (κ2) is 6.73. The molecule has 0 aromatic carbocycles. The van der Waals surface area contributed by atoms with Crippen LogP contribution in [0.15, 0.2) is 18.3 Å². The Morgan fingerprint density at radius 2 is 2.25 bits per heavy atom. The number of pyridine rings is 1. The molecular formula is C16H25N3O. The van der Waals surface area contributed by atoms with Crippen molar-refractivity contribution in [1.82, 2.24) is 9.88 Å². The van der Waals surface area contributed by atoms with Crippen LogP contribution in [0, 0.1) is 5.92 Å². The molecular weight excluding hydrogens is 250 g/mol. The molecule has 2 rings (SSSR count). The maximum Gasteiger partial charge on any atom is 0.272 e. The van der Waals surface area contributed by atoms with Gasteiger partial charge < -0.3 is 10.2 Å². The van der Waals surface area contributed by atoms with Crippen LogP contribution in [0.1, 0.15) is 50.5 Å². The summed E-state index contributed by atoms with van der Waals surface area (Å²) >= 11 is 0. The Morgan fingerprint density at radius 1 is 1.50 bits per heavy atom. The number of rotatable bonds is 7. The summed E-state index contributed by atoms with van der Waals surface area (Å²) in [5.74, 6) is 0.558. The number of carbonyl (C=O) groups excluding carboxylic acids is 1. The summed E-state index contributed by atoms with van der Waals surface area (Å²) in [6.07, 6.45) is 5.04. The van der Waals surface area contributed by atoms with Crippen molar-refractivity contribution in [3.63, 3.8) is 0 Å². The van der Waals surface area contributed by atoms with Crippen molar-refractivity contribution >= 4 is 11.6 Å². The average Bonchev–Trinajstić information content (AvgIpc) is 3.26. The number of aromatic nitrogens is 1. The fourth-order valence-electron chi connectivity index (χ4n) is 2.25. The highest BCUT2D eigenvalue weighted by Gasteiger charge is 2.33. The van der Waals surface area contributed by atoms with Crippen LogP contribution in [-0.2, 0) is 0 Å². The maximum absolute atomic E-state index is 12.6. The first-order chi connectivity index (χ1) is 9.61. The van der Waals surface area contributed by atoms with E-state index in [1.165, 1.54) is 0 Å². The summed E-state index contributed by atoms with van der Waals surface area (Å²) < 4.78 is 0. The first-order valence-corrected chi connectivity index (χ1v) is 7.62. The molecule has 1 aliphatic rings. The summed E-state index contributed by atoms with van der Waals surface area (Å²) in [6, 6.07) is 4.21. The summed E-state index contributed by atoms with van der Waals surface area (Å²) in [5.41, 5.74) is 1.53. The largest absolute Gasteiger partial charge is 0.385 e. The third-order valence-corrected chi connectivity index (χ3v) is 3.37. The predicted molar refractivity (Wildman–Crippen MR) is 81.9 cm³/mol. The fourth-order valence-corrected chi connectivity index (χ4v) is 2.25. The van der Waals surface area contributed by atoms with E-state index in [9.17, 15) is 4.79 Å². The van der Waals surface area contributed by atoms with Crippen LogP contribution < -0.4 is 5.32 Å². The molecule has 1 N–H and O–H groups in total. The Morgan fingerprint density at radius 3 is 2.85 bits per heavy atom. The summed E-state index contributed by atoms with van der Waals surface area (Å²) in [4.78, 5) is 18.9. The standard InChI is InChI=1S/C16H25N3O/c1-4-8-17-13-7-9-18-15(10-13)16(20)19(11-12(2)3)14-5-6-14/h7,9-10,12,14H,4-6,8,11H2,1-3H3,(H,17,18). The smallest absolute Gasteiger partial charge is 0.272 e. The van der Waals surface area contributed by atoms with Crippen molar-refractivity contribution in [2.24, 2.45) is 5.92 Å². The van der Waals surface area contributed by atoms with Gasteiger partial charge in [-0.05, 0) is 37.3 Å². The molecule has 4 nitrogen and oxygen atoms in total. The van der Waals surface area contributed by atoms with Gasteiger partial charge in [0.1, 0.15) is 5.69 Å². The van der Waals surface area contributed by atoms with E-state index < -0.39 is 0 Å². The van der Waals surface area contributed by atoms with E-state index in [1.54, 1.807) is 6.20 Å². The minimum atomic E-state index is 0.0707. The third-order valence-electron chi connectivity index (χ3n) is 3.37. The zero-order valence-corrected chi connectivity index (χ0v) is 12.7. The molecule has 0 radical (unpaired) electrons. The summed E-state index contributed by atoms with van der Waals surface area (Å²) in [6.45, 7) is 8.15. The topological polar surface area (TPSA) is 45.2 Å². The number of nitrogens with zero attached hydrogens (tertiary/aromatic N) is 2. The van der Waals surface area contributed by atoms with Crippen LogP contribution in [-0.4, -0.2) is 34.9 Å². The normalized spacial score (nSPS) is 14.4. The zero-order valence-electron chi connectivity index (χ0n) is 12.7. The number of hydrogen-bond acceptors (Lipinski definition) is 3. The van der Waals surface area contributed by atoms with Crippen LogP contribution in [0.4, 0.5) is 5.69 Å². The molecule has 1 aromatic heterocycles. The molecule has 4 heteroatoms. The van der Waals surface area contributed by atoms with Gasteiger partial charge in [0.15, 0.2) is 0 Å². The first kappa shape index (κ1) is 14.8. The Labute approximate surface area is 121 Å². The predicted octanol–water partition coefficient (Wildman–Crippen LogP) is 3.16. The highest BCUT2D eigenvalue weighted by Crippen LogP contribution is 2.29. The lowest BCUT2D eigenvalue weighted by atomic mass is 10.2. The van der Waals surface area contributed by atoms with Crippen molar-refractivity contribution in [3.8, 4) is 0 Å². The Balaban J connectivity index is 2.09. The van der Waals surface area contributed by atoms with Gasteiger partial charge in [0.05, 0.1) is 0 Å². The molecule has 1 heterocycles. The SMILES string of the molecule is CCCNc1ccnc(C(=O)N(CC(C)C)C2CC2)c1. The molecule has 0 saturated heterocycles. The van der Waals surface area contributed by atoms with E-state index in [0.717, 1.165) is 38.0 Å². The lowest BCUT2D eigenvalue weighted by Gasteiger charge is -2.24. The van der Waals surface area contributed by atoms with Gasteiger partial charge in [-0.2, -0.15) is 0 Å². The van der Waals surface area contributed by atoms with Gasteiger partial charge in [-0.3, -0.25) is 9.78 Å². The molecule has 1 aromatic rings. The lowest BCUT2D eigenvalue weighted by Crippen LogP contribution is -2.36. The van der Waals surface area contributed by atoms with Crippen LogP contribution >= 0.6 is 0 Å². The number of amides is 1. The van der Waals surface area contributed by atoms with Gasteiger partial charge in [0.2, 0.25) is 0 Å². The molecule has 110 valence electrons. The molecule has 0 atom stereocenters. The third kappa shape index (κ3) is 3.95. The van der Waals surface area contributed by atoms with E-state index in [1.807, 2.05) is 17.0 Å². The monoisotopic (exact) mass is 275 g/mol. The van der Waals surface area contributed by atoms with Crippen molar-refractivity contribution in [3.05, 3.63) is 24.0 Å². The van der Waals surface area contributed by atoms with E-state index in [-0.39, 0.29) is 5.91 Å². The molecule has 1 aliphatic carbocycles. The van der Waals surface area contributed by atoms with Crippen LogP contribution in [0.3, 0.4) is 0 Å². The van der Waals surface area contributed by atoms with Crippen molar-refractivity contribution in [1.29, 1.82) is 0 Å². The van der Waals surface area contributed by atoms with Gasteiger partial charge >= 0.3 is 0 Å². The fraction of sp³-hybridized carbons (Fsp3) is 0.625. The number of carbonyl (C=O) groups is 1. The molecule has 1 fully saturated rings. The second-order valence-corrected chi connectivity index (χ2v) is 5.94. The van der Waals surface area contributed by atoms with Gasteiger partial charge in [0, 0.05) is 31.0 Å². The van der Waals surface area contributed by atoms with Crippen molar-refractivity contribution in [2.45, 2.75) is 46.1 Å². The minimum absolute atomic E-state index is 0.0707. The second-order valence-electron chi connectivity index (χ2n) is 5.94. The van der Waals surface area contributed by atoms with Crippen LogP contribution in [0.2, 0.25) is 0 Å². The summed E-state index contributed by atoms with van der Waals surface area (Å²) in [7, 11) is 0. The molecule has 0 spiro atoms. The van der Waals surface area contributed by atoms with Gasteiger partial charge in [0.25, 0.3) is 5.91 Å². The summed E-state index contributed by atoms with van der Waals surface area (Å²) in [5, 5.41) is 3.30. The van der Waals surface area contributed by atoms with Gasteiger partial charge in [-0.1, -0.05) is 20.8 Å². The average molecular weight is 275 g/mol. The van der Waals surface area contributed by atoms with Gasteiger partial charge in [-0.25, -0.2) is 0 Å². The number of anilines is 1. The van der Waals surface area contributed by atoms with Crippen LogP contribution in [0.25, 0.3) is 0 Å². The zero-order chi connectivity index (χ0) is 14.5. The number of hydrogen-bond donors (Lipinski definition) is 1. The molecule has 0 bridgehead atoms. The maximum atomic E-state index is 12.6. The van der Waals surface area contributed by atoms with Crippen LogP contribution in [0.5, 0.6) is 0 Å². The van der Waals surface area contributed by atoms with E-state index in [4.69, 9.17) is 0 Å². The lowest BCUT2D eigenvalue weighted by molar-refractivity contribution is 0.0716. The highest BCUT2D eigenvalue weighted by atomic mass is 16.2. The molecule has 1 amide bonds. The number of nitrogens with one attached hydrogen (secondary N) is 1. The van der Waals surface area contributed by atoms with Gasteiger partial charge in [-0.15, -0.1) is 0 Å². The van der Waals surface area contributed by atoms with E-state index >= 15 is 0 Å². The molecule has 20 heavy (non-hydrogen) atoms. The Kier molecular flexibility index (Phi) is 4.99. The quantitative estimate of drug-likeness (QED) is 0.831. The van der Waals surface area contributed by atoms with E-state index in [2.05, 4.69) is 31.1 Å². The Hall–Kier alpha value is -1.58. The highest BCUT2D eigenvalue weighted by molar-refractivity contribution is 5.93.